The second-order valence-electron chi connectivity index (χ2n) is 4.82. The van der Waals surface area contributed by atoms with Gasteiger partial charge in [-0.2, -0.15) is 0 Å². The van der Waals surface area contributed by atoms with Crippen molar-refractivity contribution in [3.8, 4) is 0 Å². The average molecular weight is 289 g/mol. The van der Waals surface area contributed by atoms with Crippen molar-refractivity contribution in [2.75, 3.05) is 11.1 Å². The number of aromatic nitrogens is 3. The zero-order valence-electron chi connectivity index (χ0n) is 12.1. The number of anilines is 2. The van der Waals surface area contributed by atoms with Gasteiger partial charge in [0.05, 0.1) is 6.04 Å². The molecule has 0 amide bonds. The van der Waals surface area contributed by atoms with E-state index in [9.17, 15) is 9.59 Å². The van der Waals surface area contributed by atoms with Crippen LogP contribution in [-0.2, 0) is 6.54 Å². The van der Waals surface area contributed by atoms with Crippen LogP contribution >= 0.6 is 0 Å². The number of hydrogen-bond donors (Lipinski definition) is 3. The number of nitrogens with one attached hydrogen (secondary N) is 2. The van der Waals surface area contributed by atoms with Crippen LogP contribution in [0.25, 0.3) is 0 Å². The Balaban J connectivity index is 2.38. The van der Waals surface area contributed by atoms with Gasteiger partial charge in [0, 0.05) is 18.9 Å². The lowest BCUT2D eigenvalue weighted by atomic mass is 10.1. The molecule has 2 aromatic rings. The summed E-state index contributed by atoms with van der Waals surface area (Å²) in [6.45, 7) is 4.28. The van der Waals surface area contributed by atoms with E-state index in [1.54, 1.807) is 12.4 Å². The van der Waals surface area contributed by atoms with Crippen LogP contribution in [0.3, 0.4) is 0 Å². The molecule has 2 aromatic heterocycles. The number of nitrogen functional groups attached to an aromatic ring is 1. The molecule has 1 atom stereocenters. The van der Waals surface area contributed by atoms with E-state index in [1.165, 1.54) is 4.57 Å². The highest BCUT2D eigenvalue weighted by molar-refractivity contribution is 5.61. The van der Waals surface area contributed by atoms with E-state index in [2.05, 4.69) is 15.3 Å². The Morgan fingerprint density at radius 3 is 2.86 bits per heavy atom. The van der Waals surface area contributed by atoms with Gasteiger partial charge in [0.15, 0.2) is 0 Å². The molecule has 7 heteroatoms. The molecule has 0 aliphatic carbocycles. The molecule has 1 unspecified atom stereocenters. The summed E-state index contributed by atoms with van der Waals surface area (Å²) in [4.78, 5) is 30.0. The van der Waals surface area contributed by atoms with E-state index < -0.39 is 11.2 Å². The number of rotatable bonds is 5. The molecule has 0 fully saturated rings. The monoisotopic (exact) mass is 289 g/mol. The summed E-state index contributed by atoms with van der Waals surface area (Å²) >= 11 is 0. The molecule has 2 rings (SSSR count). The summed E-state index contributed by atoms with van der Waals surface area (Å²) in [6.07, 6.45) is 4.14. The van der Waals surface area contributed by atoms with Crippen LogP contribution in [0.1, 0.15) is 31.9 Å². The highest BCUT2D eigenvalue weighted by atomic mass is 16.2. The number of aromatic amines is 1. The van der Waals surface area contributed by atoms with Crippen LogP contribution in [0.2, 0.25) is 0 Å². The molecular formula is C14H19N5O2. The molecule has 0 aliphatic rings. The maximum absolute atomic E-state index is 12.0. The smallest absolute Gasteiger partial charge is 0.330 e. The molecule has 0 spiro atoms. The molecule has 0 aromatic carbocycles. The second kappa shape index (κ2) is 6.25. The molecule has 0 saturated heterocycles. The van der Waals surface area contributed by atoms with Crippen molar-refractivity contribution >= 4 is 11.5 Å². The quantitative estimate of drug-likeness (QED) is 0.764. The SMILES string of the molecule is CCCn1c(N)c(NC(C)c2cccnc2)c(=O)[nH]c1=O. The highest BCUT2D eigenvalue weighted by Gasteiger charge is 2.14. The fourth-order valence-corrected chi connectivity index (χ4v) is 2.10. The van der Waals surface area contributed by atoms with E-state index in [-0.39, 0.29) is 17.5 Å². The summed E-state index contributed by atoms with van der Waals surface area (Å²) < 4.78 is 1.36. The van der Waals surface area contributed by atoms with Crippen LogP contribution in [0.4, 0.5) is 11.5 Å². The van der Waals surface area contributed by atoms with E-state index in [0.29, 0.717) is 6.54 Å². The van der Waals surface area contributed by atoms with Crippen LogP contribution in [-0.4, -0.2) is 14.5 Å². The fraction of sp³-hybridized carbons (Fsp3) is 0.357. The third-order valence-corrected chi connectivity index (χ3v) is 3.23. The van der Waals surface area contributed by atoms with Gasteiger partial charge in [-0.05, 0) is 25.0 Å². The Hall–Kier alpha value is -2.57. The van der Waals surface area contributed by atoms with Gasteiger partial charge in [-0.1, -0.05) is 13.0 Å². The Morgan fingerprint density at radius 2 is 2.24 bits per heavy atom. The van der Waals surface area contributed by atoms with Crippen molar-refractivity contribution in [2.45, 2.75) is 32.9 Å². The molecule has 112 valence electrons. The third kappa shape index (κ3) is 3.13. The molecule has 0 radical (unpaired) electrons. The van der Waals surface area contributed by atoms with Gasteiger partial charge >= 0.3 is 5.69 Å². The van der Waals surface area contributed by atoms with Crippen molar-refractivity contribution in [3.05, 3.63) is 50.9 Å². The predicted molar refractivity (Wildman–Crippen MR) is 82.3 cm³/mol. The normalized spacial score (nSPS) is 12.1. The molecule has 0 bridgehead atoms. The number of hydrogen-bond acceptors (Lipinski definition) is 5. The van der Waals surface area contributed by atoms with Crippen molar-refractivity contribution in [3.63, 3.8) is 0 Å². The van der Waals surface area contributed by atoms with E-state index >= 15 is 0 Å². The van der Waals surface area contributed by atoms with Gasteiger partial charge < -0.3 is 11.1 Å². The van der Waals surface area contributed by atoms with E-state index in [0.717, 1.165) is 12.0 Å². The average Bonchev–Trinajstić information content (AvgIpc) is 2.48. The van der Waals surface area contributed by atoms with Crippen molar-refractivity contribution in [2.24, 2.45) is 0 Å². The molecule has 21 heavy (non-hydrogen) atoms. The predicted octanol–water partition coefficient (Wildman–Crippen LogP) is 1.10. The third-order valence-electron chi connectivity index (χ3n) is 3.23. The molecule has 0 aliphatic heterocycles. The van der Waals surface area contributed by atoms with E-state index in [4.69, 9.17) is 5.73 Å². The summed E-state index contributed by atoms with van der Waals surface area (Å²) in [5, 5.41) is 3.05. The molecule has 0 saturated carbocycles. The molecular weight excluding hydrogens is 270 g/mol. The standard InChI is InChI=1S/C14H19N5O2/c1-3-7-19-12(15)11(13(20)18-14(19)21)17-9(2)10-5-4-6-16-8-10/h4-6,8-9,17H,3,7,15H2,1-2H3,(H,18,20,21). The van der Waals surface area contributed by atoms with Crippen LogP contribution in [0.15, 0.2) is 34.1 Å². The van der Waals surface area contributed by atoms with Crippen molar-refractivity contribution < 1.29 is 0 Å². The summed E-state index contributed by atoms with van der Waals surface area (Å²) in [7, 11) is 0. The lowest BCUT2D eigenvalue weighted by Gasteiger charge is -2.18. The lowest BCUT2D eigenvalue weighted by molar-refractivity contribution is 0.641. The molecule has 2 heterocycles. The van der Waals surface area contributed by atoms with Crippen LogP contribution < -0.4 is 22.3 Å². The largest absolute Gasteiger partial charge is 0.383 e. The van der Waals surface area contributed by atoms with Gasteiger partial charge in [0.1, 0.15) is 11.5 Å². The van der Waals surface area contributed by atoms with Gasteiger partial charge in [-0.3, -0.25) is 19.3 Å². The zero-order chi connectivity index (χ0) is 15.4. The number of nitrogens with zero attached hydrogens (tertiary/aromatic N) is 2. The highest BCUT2D eigenvalue weighted by Crippen LogP contribution is 2.19. The minimum absolute atomic E-state index is 0.154. The second-order valence-corrected chi connectivity index (χ2v) is 4.82. The Kier molecular flexibility index (Phi) is 4.42. The minimum atomic E-state index is -0.513. The van der Waals surface area contributed by atoms with Crippen LogP contribution in [0, 0.1) is 0 Å². The minimum Gasteiger partial charge on any atom is -0.383 e. The Bertz CT molecular complexity index is 720. The van der Waals surface area contributed by atoms with Gasteiger partial charge in [0.2, 0.25) is 0 Å². The maximum Gasteiger partial charge on any atom is 0.330 e. The summed E-state index contributed by atoms with van der Waals surface area (Å²) in [5.41, 5.74) is 6.09. The summed E-state index contributed by atoms with van der Waals surface area (Å²) in [5.74, 6) is 0.154. The zero-order valence-corrected chi connectivity index (χ0v) is 12.1. The first kappa shape index (κ1) is 14.8. The van der Waals surface area contributed by atoms with Gasteiger partial charge in [-0.15, -0.1) is 0 Å². The van der Waals surface area contributed by atoms with E-state index in [1.807, 2.05) is 26.0 Å². The lowest BCUT2D eigenvalue weighted by Crippen LogP contribution is -2.34. The van der Waals surface area contributed by atoms with Gasteiger partial charge in [-0.25, -0.2) is 4.79 Å². The molecule has 7 nitrogen and oxygen atoms in total. The van der Waals surface area contributed by atoms with Gasteiger partial charge in [0.25, 0.3) is 5.56 Å². The molecule has 4 N–H and O–H groups in total. The maximum atomic E-state index is 12.0. The summed E-state index contributed by atoms with van der Waals surface area (Å²) in [6, 6.07) is 3.56. The fourth-order valence-electron chi connectivity index (χ4n) is 2.10. The Labute approximate surface area is 121 Å². The number of H-pyrrole nitrogens is 1. The first-order valence-electron chi connectivity index (χ1n) is 6.83. The van der Waals surface area contributed by atoms with Crippen LogP contribution in [0.5, 0.6) is 0 Å². The van der Waals surface area contributed by atoms with Crippen molar-refractivity contribution in [1.29, 1.82) is 0 Å². The van der Waals surface area contributed by atoms with Crippen molar-refractivity contribution in [1.82, 2.24) is 14.5 Å². The first-order chi connectivity index (χ1) is 10.0. The Morgan fingerprint density at radius 1 is 1.48 bits per heavy atom. The topological polar surface area (TPSA) is 106 Å². The first-order valence-corrected chi connectivity index (χ1v) is 6.83. The number of nitrogens with two attached hydrogens (primary N) is 1. The number of pyridine rings is 1.